The van der Waals surface area contributed by atoms with Gasteiger partial charge in [-0.15, -0.1) is 24.8 Å². The quantitative estimate of drug-likeness (QED) is 0.736. The van der Waals surface area contributed by atoms with E-state index in [4.69, 9.17) is 5.73 Å². The summed E-state index contributed by atoms with van der Waals surface area (Å²) in [6, 6.07) is 14.3. The zero-order valence-corrected chi connectivity index (χ0v) is 16.7. The first kappa shape index (κ1) is 23.2. The summed E-state index contributed by atoms with van der Waals surface area (Å²) in [5.74, 6) is -0.145. The molecule has 0 aliphatic carbocycles. The summed E-state index contributed by atoms with van der Waals surface area (Å²) < 4.78 is 13.0. The minimum absolute atomic E-state index is 0. The number of hydrogen-bond donors (Lipinski definition) is 2. The molecule has 0 aromatic heterocycles. The van der Waals surface area contributed by atoms with Crippen molar-refractivity contribution < 1.29 is 9.18 Å². The van der Waals surface area contributed by atoms with Crippen LogP contribution < -0.4 is 11.1 Å². The fraction of sp³-hybridized carbons (Fsp3) is 0.350. The number of likely N-dealkylation sites (tertiary alicyclic amines) is 1. The molecule has 7 heteroatoms. The molecule has 0 spiro atoms. The van der Waals surface area contributed by atoms with Gasteiger partial charge >= 0.3 is 0 Å². The second kappa shape index (κ2) is 11.1. The summed E-state index contributed by atoms with van der Waals surface area (Å²) in [6.07, 6.45) is 2.26. The number of benzene rings is 2. The molecule has 1 aliphatic heterocycles. The van der Waals surface area contributed by atoms with Crippen LogP contribution in [-0.2, 0) is 17.8 Å². The van der Waals surface area contributed by atoms with Crippen LogP contribution in [0, 0.1) is 5.82 Å². The Labute approximate surface area is 172 Å². The van der Waals surface area contributed by atoms with E-state index >= 15 is 0 Å². The number of nitrogen functional groups attached to an aromatic ring is 1. The minimum Gasteiger partial charge on any atom is -0.399 e. The van der Waals surface area contributed by atoms with Crippen molar-refractivity contribution in [3.63, 3.8) is 0 Å². The van der Waals surface area contributed by atoms with Gasteiger partial charge < -0.3 is 11.1 Å². The van der Waals surface area contributed by atoms with E-state index in [1.807, 2.05) is 36.4 Å². The van der Waals surface area contributed by atoms with Crippen molar-refractivity contribution in [2.75, 3.05) is 18.8 Å². The van der Waals surface area contributed by atoms with Crippen molar-refractivity contribution in [3.05, 3.63) is 65.5 Å². The van der Waals surface area contributed by atoms with Gasteiger partial charge in [0.2, 0.25) is 5.91 Å². The van der Waals surface area contributed by atoms with Gasteiger partial charge in [0.1, 0.15) is 5.82 Å². The molecule has 1 amide bonds. The molecule has 2 aromatic carbocycles. The van der Waals surface area contributed by atoms with Gasteiger partial charge in [0.25, 0.3) is 0 Å². The van der Waals surface area contributed by atoms with Crippen LogP contribution >= 0.6 is 24.8 Å². The Balaban J connectivity index is 0.00000182. The van der Waals surface area contributed by atoms with Gasteiger partial charge in [0, 0.05) is 31.4 Å². The van der Waals surface area contributed by atoms with Gasteiger partial charge in [-0.1, -0.05) is 24.3 Å². The van der Waals surface area contributed by atoms with E-state index in [1.54, 1.807) is 0 Å². The highest BCUT2D eigenvalue weighted by Gasteiger charge is 2.20. The summed E-state index contributed by atoms with van der Waals surface area (Å²) in [5.41, 5.74) is 8.46. The number of hydrogen-bond acceptors (Lipinski definition) is 3. The first-order chi connectivity index (χ1) is 12.1. The highest BCUT2D eigenvalue weighted by Crippen LogP contribution is 2.15. The average Bonchev–Trinajstić information content (AvgIpc) is 2.61. The number of nitrogens with one attached hydrogen (secondary N) is 1. The van der Waals surface area contributed by atoms with E-state index in [0.29, 0.717) is 12.1 Å². The molecule has 2 aromatic rings. The van der Waals surface area contributed by atoms with E-state index in [-0.39, 0.29) is 42.6 Å². The third kappa shape index (κ3) is 7.37. The molecule has 1 aliphatic rings. The zero-order chi connectivity index (χ0) is 17.6. The fourth-order valence-electron chi connectivity index (χ4n) is 3.18. The number of carbonyl (C=O) groups is 1. The predicted molar refractivity (Wildman–Crippen MR) is 112 cm³/mol. The molecule has 0 saturated carbocycles. The van der Waals surface area contributed by atoms with Crippen LogP contribution in [0.5, 0.6) is 0 Å². The molecule has 4 nitrogen and oxygen atoms in total. The minimum atomic E-state index is -0.203. The van der Waals surface area contributed by atoms with Crippen molar-refractivity contribution >= 4 is 36.4 Å². The highest BCUT2D eigenvalue weighted by atomic mass is 35.5. The number of rotatable bonds is 5. The molecule has 1 saturated heterocycles. The van der Waals surface area contributed by atoms with Crippen LogP contribution in [0.15, 0.2) is 48.5 Å². The molecule has 27 heavy (non-hydrogen) atoms. The molecule has 148 valence electrons. The number of piperidine rings is 1. The molecular formula is C20H26Cl2FN3O. The van der Waals surface area contributed by atoms with Crippen LogP contribution in [0.2, 0.25) is 0 Å². The Bertz CT molecular complexity index is 702. The van der Waals surface area contributed by atoms with Crippen molar-refractivity contribution in [1.82, 2.24) is 10.2 Å². The lowest BCUT2D eigenvalue weighted by Gasteiger charge is -2.32. The van der Waals surface area contributed by atoms with Crippen LogP contribution in [0.25, 0.3) is 0 Å². The fourth-order valence-corrected chi connectivity index (χ4v) is 3.18. The van der Waals surface area contributed by atoms with Gasteiger partial charge in [0.15, 0.2) is 0 Å². The highest BCUT2D eigenvalue weighted by molar-refractivity contribution is 5.85. The van der Waals surface area contributed by atoms with Crippen molar-refractivity contribution in [2.24, 2.45) is 0 Å². The number of carbonyl (C=O) groups excluding carboxylic acids is 1. The van der Waals surface area contributed by atoms with E-state index in [9.17, 15) is 9.18 Å². The maximum Gasteiger partial charge on any atom is 0.224 e. The monoisotopic (exact) mass is 413 g/mol. The van der Waals surface area contributed by atoms with Crippen molar-refractivity contribution in [3.8, 4) is 0 Å². The van der Waals surface area contributed by atoms with Crippen LogP contribution in [0.4, 0.5) is 10.1 Å². The molecule has 1 fully saturated rings. The Kier molecular flexibility index (Phi) is 9.56. The third-order valence-electron chi connectivity index (χ3n) is 4.62. The average molecular weight is 414 g/mol. The number of nitrogens with two attached hydrogens (primary N) is 1. The Hall–Kier alpha value is -1.82. The maximum atomic E-state index is 13.0. The normalized spacial score (nSPS) is 14.7. The van der Waals surface area contributed by atoms with Gasteiger partial charge in [-0.2, -0.15) is 0 Å². The zero-order valence-electron chi connectivity index (χ0n) is 15.1. The Morgan fingerprint density at radius 2 is 1.56 bits per heavy atom. The third-order valence-corrected chi connectivity index (χ3v) is 4.62. The standard InChI is InChI=1S/C20H24FN3O.2ClH/c21-17-5-1-16(2-6-17)14-24-11-9-19(10-12-24)23-20(25)13-15-3-7-18(22)8-4-15;;/h1-8,19H,9-14,22H2,(H,23,25);2*1H. The lowest BCUT2D eigenvalue weighted by atomic mass is 10.0. The van der Waals surface area contributed by atoms with Crippen LogP contribution in [-0.4, -0.2) is 29.9 Å². The number of halogens is 3. The number of nitrogens with zero attached hydrogens (tertiary/aromatic N) is 1. The largest absolute Gasteiger partial charge is 0.399 e. The summed E-state index contributed by atoms with van der Waals surface area (Å²) in [6.45, 7) is 2.70. The van der Waals surface area contributed by atoms with E-state index < -0.39 is 0 Å². The van der Waals surface area contributed by atoms with Gasteiger partial charge in [-0.05, 0) is 48.2 Å². The molecule has 0 atom stereocenters. The van der Waals surface area contributed by atoms with E-state index in [1.165, 1.54) is 12.1 Å². The lowest BCUT2D eigenvalue weighted by molar-refractivity contribution is -0.121. The first-order valence-electron chi connectivity index (χ1n) is 8.69. The van der Waals surface area contributed by atoms with E-state index in [0.717, 1.165) is 43.6 Å². The molecule has 3 rings (SSSR count). The Morgan fingerprint density at radius 1 is 1.00 bits per heavy atom. The maximum absolute atomic E-state index is 13.0. The molecule has 1 heterocycles. The molecule has 0 radical (unpaired) electrons. The predicted octanol–water partition coefficient (Wildman–Crippen LogP) is 3.57. The van der Waals surface area contributed by atoms with Crippen molar-refractivity contribution in [1.29, 1.82) is 0 Å². The summed E-state index contributed by atoms with van der Waals surface area (Å²) in [4.78, 5) is 14.5. The van der Waals surface area contributed by atoms with Gasteiger partial charge in [0.05, 0.1) is 6.42 Å². The SMILES string of the molecule is Cl.Cl.Nc1ccc(CC(=O)NC2CCN(Cc3ccc(F)cc3)CC2)cc1. The summed E-state index contributed by atoms with van der Waals surface area (Å²) >= 11 is 0. The second-order valence-corrected chi connectivity index (χ2v) is 6.66. The van der Waals surface area contributed by atoms with E-state index in [2.05, 4.69) is 10.2 Å². The summed E-state index contributed by atoms with van der Waals surface area (Å²) in [7, 11) is 0. The van der Waals surface area contributed by atoms with Crippen LogP contribution in [0.3, 0.4) is 0 Å². The lowest BCUT2D eigenvalue weighted by Crippen LogP contribution is -2.44. The van der Waals surface area contributed by atoms with Gasteiger partial charge in [-0.25, -0.2) is 4.39 Å². The molecular weight excluding hydrogens is 388 g/mol. The van der Waals surface area contributed by atoms with Crippen LogP contribution in [0.1, 0.15) is 24.0 Å². The smallest absolute Gasteiger partial charge is 0.224 e. The molecule has 3 N–H and O–H groups in total. The Morgan fingerprint density at radius 3 is 2.15 bits per heavy atom. The number of anilines is 1. The molecule has 0 bridgehead atoms. The first-order valence-corrected chi connectivity index (χ1v) is 8.69. The second-order valence-electron chi connectivity index (χ2n) is 6.66. The topological polar surface area (TPSA) is 58.4 Å². The summed E-state index contributed by atoms with van der Waals surface area (Å²) in [5, 5.41) is 3.13. The van der Waals surface area contributed by atoms with Crippen molar-refractivity contribution in [2.45, 2.75) is 31.8 Å². The molecule has 0 unspecified atom stereocenters. The van der Waals surface area contributed by atoms with Gasteiger partial charge in [-0.3, -0.25) is 9.69 Å². The number of amides is 1.